The minimum absolute atomic E-state index is 0.0274. The summed E-state index contributed by atoms with van der Waals surface area (Å²) < 4.78 is 16.3. The molecule has 1 aliphatic heterocycles. The van der Waals surface area contributed by atoms with Crippen LogP contribution in [-0.2, 0) is 12.8 Å². The number of fused-ring (bicyclic) bond motifs is 1. The van der Waals surface area contributed by atoms with Gasteiger partial charge in [-0.15, -0.1) is 0 Å². The van der Waals surface area contributed by atoms with Gasteiger partial charge in [-0.25, -0.2) is 4.79 Å². The number of urea groups is 1. The van der Waals surface area contributed by atoms with Gasteiger partial charge in [-0.2, -0.15) is 0 Å². The van der Waals surface area contributed by atoms with Crippen LogP contribution in [0.5, 0.6) is 17.2 Å². The van der Waals surface area contributed by atoms with Crippen molar-refractivity contribution in [3.05, 3.63) is 53.6 Å². The third-order valence-corrected chi connectivity index (χ3v) is 4.39. The molecule has 26 heavy (non-hydrogen) atoms. The lowest BCUT2D eigenvalue weighted by Crippen LogP contribution is -2.47. The Balaban J connectivity index is 1.46. The maximum atomic E-state index is 12.1. The normalized spacial score (nSPS) is 15.4. The van der Waals surface area contributed by atoms with Gasteiger partial charge in [0.2, 0.25) is 0 Å². The van der Waals surface area contributed by atoms with E-state index >= 15 is 0 Å². The quantitative estimate of drug-likeness (QED) is 0.835. The first-order valence-corrected chi connectivity index (χ1v) is 8.65. The molecule has 0 spiro atoms. The van der Waals surface area contributed by atoms with Crippen LogP contribution in [0.2, 0.25) is 0 Å². The molecule has 6 heteroatoms. The van der Waals surface area contributed by atoms with Crippen LogP contribution in [0.1, 0.15) is 11.1 Å². The summed E-state index contributed by atoms with van der Waals surface area (Å²) in [6.07, 6.45) is 1.44. The molecule has 0 saturated heterocycles. The van der Waals surface area contributed by atoms with Gasteiger partial charge in [0.1, 0.15) is 23.9 Å². The molecule has 0 radical (unpaired) electrons. The minimum Gasteiger partial charge on any atom is -0.497 e. The highest BCUT2D eigenvalue weighted by Crippen LogP contribution is 2.25. The third-order valence-electron chi connectivity index (χ3n) is 4.39. The van der Waals surface area contributed by atoms with E-state index < -0.39 is 0 Å². The molecule has 2 N–H and O–H groups in total. The van der Waals surface area contributed by atoms with Gasteiger partial charge in [-0.3, -0.25) is 0 Å². The van der Waals surface area contributed by atoms with Gasteiger partial charge in [0, 0.05) is 12.6 Å². The zero-order valence-electron chi connectivity index (χ0n) is 15.1. The van der Waals surface area contributed by atoms with E-state index in [0.29, 0.717) is 19.6 Å². The van der Waals surface area contributed by atoms with E-state index in [9.17, 15) is 4.79 Å². The Labute approximate surface area is 153 Å². The summed E-state index contributed by atoms with van der Waals surface area (Å²) in [5.74, 6) is 2.40. The lowest BCUT2D eigenvalue weighted by atomic mass is 10.0. The van der Waals surface area contributed by atoms with E-state index in [2.05, 4.69) is 10.6 Å². The molecule has 0 saturated carbocycles. The van der Waals surface area contributed by atoms with Crippen LogP contribution in [0.3, 0.4) is 0 Å². The number of para-hydroxylation sites is 1. The van der Waals surface area contributed by atoms with Crippen LogP contribution in [-0.4, -0.2) is 39.4 Å². The van der Waals surface area contributed by atoms with Crippen molar-refractivity contribution in [2.24, 2.45) is 0 Å². The van der Waals surface area contributed by atoms with Gasteiger partial charge in [-0.05, 0) is 36.1 Å². The summed E-state index contributed by atoms with van der Waals surface area (Å²) in [6.45, 7) is 0.995. The minimum atomic E-state index is -0.189. The summed E-state index contributed by atoms with van der Waals surface area (Å²) >= 11 is 0. The molecule has 2 aromatic rings. The van der Waals surface area contributed by atoms with E-state index in [1.54, 1.807) is 14.2 Å². The van der Waals surface area contributed by atoms with Gasteiger partial charge in [0.25, 0.3) is 0 Å². The monoisotopic (exact) mass is 356 g/mol. The number of amides is 2. The van der Waals surface area contributed by atoms with Gasteiger partial charge in [-0.1, -0.05) is 24.3 Å². The molecule has 0 aliphatic carbocycles. The van der Waals surface area contributed by atoms with E-state index in [-0.39, 0.29) is 12.1 Å². The Kier molecular flexibility index (Phi) is 5.84. The predicted molar refractivity (Wildman–Crippen MR) is 99.2 cm³/mol. The van der Waals surface area contributed by atoms with Crippen molar-refractivity contribution in [1.82, 2.24) is 10.6 Å². The second kappa shape index (κ2) is 8.47. The number of rotatable bonds is 6. The molecule has 1 aliphatic rings. The Morgan fingerprint density at radius 2 is 2.04 bits per heavy atom. The molecular weight excluding hydrogens is 332 g/mol. The largest absolute Gasteiger partial charge is 0.497 e. The smallest absolute Gasteiger partial charge is 0.315 e. The maximum absolute atomic E-state index is 12.1. The molecular formula is C20H24N2O4. The zero-order valence-corrected chi connectivity index (χ0v) is 15.1. The number of hydrogen-bond donors (Lipinski definition) is 2. The number of nitrogens with one attached hydrogen (secondary N) is 2. The van der Waals surface area contributed by atoms with Crippen molar-refractivity contribution < 1.29 is 19.0 Å². The van der Waals surface area contributed by atoms with Crippen molar-refractivity contribution >= 4 is 6.03 Å². The van der Waals surface area contributed by atoms with E-state index in [1.807, 2.05) is 42.5 Å². The number of ether oxygens (including phenoxy) is 3. The first-order valence-electron chi connectivity index (χ1n) is 8.65. The first-order chi connectivity index (χ1) is 12.7. The Morgan fingerprint density at radius 1 is 1.19 bits per heavy atom. The fourth-order valence-corrected chi connectivity index (χ4v) is 3.03. The van der Waals surface area contributed by atoms with Crippen LogP contribution in [0, 0.1) is 0 Å². The van der Waals surface area contributed by atoms with Crippen LogP contribution in [0.15, 0.2) is 42.5 Å². The van der Waals surface area contributed by atoms with E-state index in [0.717, 1.165) is 34.8 Å². The molecule has 1 atom stereocenters. The molecule has 2 aromatic carbocycles. The van der Waals surface area contributed by atoms with Crippen molar-refractivity contribution in [2.45, 2.75) is 18.9 Å². The number of hydrogen-bond acceptors (Lipinski definition) is 4. The Hall–Kier alpha value is -2.89. The Morgan fingerprint density at radius 3 is 2.85 bits per heavy atom. The van der Waals surface area contributed by atoms with Crippen molar-refractivity contribution in [2.75, 3.05) is 27.4 Å². The lowest BCUT2D eigenvalue weighted by Gasteiger charge is -2.26. The highest BCUT2D eigenvalue weighted by Gasteiger charge is 2.20. The van der Waals surface area contributed by atoms with Gasteiger partial charge in [0.05, 0.1) is 20.3 Å². The third kappa shape index (κ3) is 4.39. The Bertz CT molecular complexity index is 763. The molecule has 0 fully saturated rings. The summed E-state index contributed by atoms with van der Waals surface area (Å²) in [4.78, 5) is 12.1. The molecule has 0 unspecified atom stereocenters. The number of carbonyl (C=O) groups excluding carboxylic acids is 1. The molecule has 6 nitrogen and oxygen atoms in total. The predicted octanol–water partition coefficient (Wildman–Crippen LogP) is 2.55. The fraction of sp³-hybridized carbons (Fsp3) is 0.350. The van der Waals surface area contributed by atoms with Crippen LogP contribution < -0.4 is 24.8 Å². The number of carbonyl (C=O) groups is 1. The summed E-state index contributed by atoms with van der Waals surface area (Å²) in [7, 11) is 3.24. The standard InChI is InChI=1S/C20H24N2O4/c1-24-17-8-7-14(19(12-17)25-2)9-10-21-20(23)22-16-11-15-5-3-4-6-18(15)26-13-16/h3-8,12,16H,9-11,13H2,1-2H3,(H2,21,22,23)/t16-/m1/s1. The maximum Gasteiger partial charge on any atom is 0.315 e. The summed E-state index contributed by atoms with van der Waals surface area (Å²) in [5, 5.41) is 5.86. The number of methoxy groups -OCH3 is 2. The SMILES string of the molecule is COc1ccc(CCNC(=O)N[C@H]2COc3ccccc3C2)c(OC)c1. The average Bonchev–Trinajstić information content (AvgIpc) is 2.68. The average molecular weight is 356 g/mol. The number of benzene rings is 2. The highest BCUT2D eigenvalue weighted by molar-refractivity contribution is 5.74. The van der Waals surface area contributed by atoms with Crippen molar-refractivity contribution in [3.63, 3.8) is 0 Å². The second-order valence-electron chi connectivity index (χ2n) is 6.15. The zero-order chi connectivity index (χ0) is 18.4. The fourth-order valence-electron chi connectivity index (χ4n) is 3.03. The van der Waals surface area contributed by atoms with Crippen molar-refractivity contribution in [1.29, 1.82) is 0 Å². The van der Waals surface area contributed by atoms with E-state index in [4.69, 9.17) is 14.2 Å². The van der Waals surface area contributed by atoms with Gasteiger partial charge in [0.15, 0.2) is 0 Å². The molecule has 3 rings (SSSR count). The molecule has 1 heterocycles. The molecule has 2 amide bonds. The van der Waals surface area contributed by atoms with Crippen LogP contribution in [0.25, 0.3) is 0 Å². The van der Waals surface area contributed by atoms with Gasteiger partial charge >= 0.3 is 6.03 Å². The molecule has 0 bridgehead atoms. The van der Waals surface area contributed by atoms with E-state index in [1.165, 1.54) is 0 Å². The summed E-state index contributed by atoms with van der Waals surface area (Å²) in [5.41, 5.74) is 2.13. The summed E-state index contributed by atoms with van der Waals surface area (Å²) in [6, 6.07) is 13.4. The molecule has 0 aromatic heterocycles. The lowest BCUT2D eigenvalue weighted by molar-refractivity contribution is 0.214. The highest BCUT2D eigenvalue weighted by atomic mass is 16.5. The van der Waals surface area contributed by atoms with Gasteiger partial charge < -0.3 is 24.8 Å². The second-order valence-corrected chi connectivity index (χ2v) is 6.15. The van der Waals surface area contributed by atoms with Crippen LogP contribution >= 0.6 is 0 Å². The first kappa shape index (κ1) is 17.9. The topological polar surface area (TPSA) is 68.8 Å². The van der Waals surface area contributed by atoms with Crippen molar-refractivity contribution in [3.8, 4) is 17.2 Å². The van der Waals surface area contributed by atoms with Crippen LogP contribution in [0.4, 0.5) is 4.79 Å². The molecule has 138 valence electrons.